The zero-order valence-electron chi connectivity index (χ0n) is 12.1. The average molecular weight is 308 g/mol. The lowest BCUT2D eigenvalue weighted by atomic mass is 10.1. The number of thiocarbonyl (C=S) groups is 1. The third-order valence-corrected chi connectivity index (χ3v) is 4.04. The van der Waals surface area contributed by atoms with Crippen molar-refractivity contribution in [3.05, 3.63) is 29.3 Å². The SMILES string of the molecule is Cc1cc(C)cc(NC(=S)N[C@@H]2CO[C@@H]3[C@@H]2OC[C@H]3O)c1. The minimum absolute atomic E-state index is 0.0296. The molecule has 114 valence electrons. The van der Waals surface area contributed by atoms with E-state index in [0.29, 0.717) is 18.3 Å². The van der Waals surface area contributed by atoms with Crippen molar-refractivity contribution in [2.75, 3.05) is 18.5 Å². The average Bonchev–Trinajstić information content (AvgIpc) is 2.93. The number of nitrogens with one attached hydrogen (secondary N) is 2. The Hall–Kier alpha value is -1.21. The van der Waals surface area contributed by atoms with Gasteiger partial charge in [0.05, 0.1) is 19.3 Å². The highest BCUT2D eigenvalue weighted by atomic mass is 32.1. The van der Waals surface area contributed by atoms with Crippen molar-refractivity contribution < 1.29 is 14.6 Å². The second-order valence-corrected chi connectivity index (χ2v) is 6.15. The van der Waals surface area contributed by atoms with Gasteiger partial charge in [0, 0.05) is 5.69 Å². The van der Waals surface area contributed by atoms with Crippen LogP contribution >= 0.6 is 12.2 Å². The molecule has 0 aromatic heterocycles. The smallest absolute Gasteiger partial charge is 0.171 e. The fraction of sp³-hybridized carbons (Fsp3) is 0.533. The first-order valence-corrected chi connectivity index (χ1v) is 7.51. The second kappa shape index (κ2) is 5.88. The zero-order valence-corrected chi connectivity index (χ0v) is 12.9. The Labute approximate surface area is 129 Å². The van der Waals surface area contributed by atoms with Gasteiger partial charge in [0.15, 0.2) is 5.11 Å². The highest BCUT2D eigenvalue weighted by Crippen LogP contribution is 2.27. The lowest BCUT2D eigenvalue weighted by Crippen LogP contribution is -2.45. The Morgan fingerprint density at radius 2 is 1.81 bits per heavy atom. The van der Waals surface area contributed by atoms with Crippen molar-refractivity contribution >= 4 is 23.0 Å². The molecule has 2 fully saturated rings. The van der Waals surface area contributed by atoms with E-state index in [-0.39, 0.29) is 18.2 Å². The summed E-state index contributed by atoms with van der Waals surface area (Å²) in [5.74, 6) is 0. The molecule has 0 radical (unpaired) electrons. The van der Waals surface area contributed by atoms with E-state index in [1.807, 2.05) is 12.1 Å². The lowest BCUT2D eigenvalue weighted by molar-refractivity contribution is 0.0180. The number of ether oxygens (including phenoxy) is 2. The summed E-state index contributed by atoms with van der Waals surface area (Å²) < 4.78 is 11.1. The van der Waals surface area contributed by atoms with Gasteiger partial charge in [0.1, 0.15) is 18.3 Å². The molecule has 3 N–H and O–H groups in total. The van der Waals surface area contributed by atoms with E-state index in [0.717, 1.165) is 5.69 Å². The third-order valence-electron chi connectivity index (χ3n) is 3.82. The van der Waals surface area contributed by atoms with Crippen LogP contribution in [0.3, 0.4) is 0 Å². The molecule has 6 heteroatoms. The second-order valence-electron chi connectivity index (χ2n) is 5.74. The van der Waals surface area contributed by atoms with E-state index in [9.17, 15) is 5.11 Å². The largest absolute Gasteiger partial charge is 0.388 e. The minimum atomic E-state index is -0.539. The third kappa shape index (κ3) is 3.18. The number of benzene rings is 1. The van der Waals surface area contributed by atoms with Gasteiger partial charge in [-0.05, 0) is 49.3 Å². The van der Waals surface area contributed by atoms with E-state index in [4.69, 9.17) is 21.7 Å². The molecule has 21 heavy (non-hydrogen) atoms. The molecule has 5 nitrogen and oxygen atoms in total. The first-order valence-electron chi connectivity index (χ1n) is 7.10. The number of aliphatic hydroxyl groups excluding tert-OH is 1. The molecule has 0 saturated carbocycles. The molecule has 3 rings (SSSR count). The number of hydrogen-bond acceptors (Lipinski definition) is 4. The number of aryl methyl sites for hydroxylation is 2. The standard InChI is InChI=1S/C15H20N2O3S/c1-8-3-9(2)5-10(4-8)16-15(21)17-11-6-19-14-12(18)7-20-13(11)14/h3-5,11-14,18H,6-7H2,1-2H3,(H2,16,17,21)/t11-,12-,13-,14+/m1/s1. The molecule has 0 spiro atoms. The maximum Gasteiger partial charge on any atom is 0.171 e. The van der Waals surface area contributed by atoms with Crippen LogP contribution in [0, 0.1) is 13.8 Å². The van der Waals surface area contributed by atoms with Gasteiger partial charge in [-0.3, -0.25) is 0 Å². The molecular formula is C15H20N2O3S. The van der Waals surface area contributed by atoms with Crippen LogP contribution in [0.5, 0.6) is 0 Å². The molecule has 2 aliphatic rings. The van der Waals surface area contributed by atoms with Crippen LogP contribution in [0.15, 0.2) is 18.2 Å². The van der Waals surface area contributed by atoms with Crippen LogP contribution in [0.1, 0.15) is 11.1 Å². The van der Waals surface area contributed by atoms with Crippen molar-refractivity contribution in [3.63, 3.8) is 0 Å². The van der Waals surface area contributed by atoms with Gasteiger partial charge in [0.2, 0.25) is 0 Å². The topological polar surface area (TPSA) is 62.8 Å². The fourth-order valence-electron chi connectivity index (χ4n) is 2.99. The van der Waals surface area contributed by atoms with Crippen molar-refractivity contribution in [2.45, 2.75) is 38.2 Å². The summed E-state index contributed by atoms with van der Waals surface area (Å²) in [4.78, 5) is 0. The first-order chi connectivity index (χ1) is 10.0. The normalized spacial score (nSPS) is 31.0. The Kier molecular flexibility index (Phi) is 4.12. The van der Waals surface area contributed by atoms with Crippen LogP contribution in [0.2, 0.25) is 0 Å². The molecule has 0 aliphatic carbocycles. The molecule has 1 aromatic carbocycles. The molecule has 2 saturated heterocycles. The summed E-state index contributed by atoms with van der Waals surface area (Å²) >= 11 is 5.35. The van der Waals surface area contributed by atoms with Crippen molar-refractivity contribution in [3.8, 4) is 0 Å². The quantitative estimate of drug-likeness (QED) is 0.712. The first kappa shape index (κ1) is 14.7. The van der Waals surface area contributed by atoms with E-state index >= 15 is 0 Å². The molecule has 2 aliphatic heterocycles. The Morgan fingerprint density at radius 1 is 1.14 bits per heavy atom. The Balaban J connectivity index is 1.59. The number of rotatable bonds is 2. The Bertz CT molecular complexity index is 531. The monoisotopic (exact) mass is 308 g/mol. The predicted molar refractivity (Wildman–Crippen MR) is 84.5 cm³/mol. The van der Waals surface area contributed by atoms with Crippen LogP contribution in [0.4, 0.5) is 5.69 Å². The molecule has 2 heterocycles. The number of anilines is 1. The summed E-state index contributed by atoms with van der Waals surface area (Å²) in [7, 11) is 0. The molecular weight excluding hydrogens is 288 g/mol. The van der Waals surface area contributed by atoms with Crippen molar-refractivity contribution in [1.82, 2.24) is 5.32 Å². The van der Waals surface area contributed by atoms with Crippen LogP contribution < -0.4 is 10.6 Å². The summed E-state index contributed by atoms with van der Waals surface area (Å²) in [5, 5.41) is 16.7. The van der Waals surface area contributed by atoms with E-state index in [2.05, 4.69) is 30.5 Å². The van der Waals surface area contributed by atoms with Crippen LogP contribution in [-0.2, 0) is 9.47 Å². The molecule has 0 amide bonds. The highest BCUT2D eigenvalue weighted by molar-refractivity contribution is 7.80. The van der Waals surface area contributed by atoms with E-state index in [1.54, 1.807) is 0 Å². The number of aliphatic hydroxyl groups is 1. The van der Waals surface area contributed by atoms with E-state index < -0.39 is 6.10 Å². The van der Waals surface area contributed by atoms with Gasteiger partial charge in [-0.1, -0.05) is 6.07 Å². The molecule has 1 aromatic rings. The highest BCUT2D eigenvalue weighted by Gasteiger charge is 2.47. The fourth-order valence-corrected chi connectivity index (χ4v) is 3.25. The Morgan fingerprint density at radius 3 is 2.52 bits per heavy atom. The van der Waals surface area contributed by atoms with Crippen LogP contribution in [0.25, 0.3) is 0 Å². The number of hydrogen-bond donors (Lipinski definition) is 3. The lowest BCUT2D eigenvalue weighted by Gasteiger charge is -2.20. The van der Waals surface area contributed by atoms with Gasteiger partial charge in [0.25, 0.3) is 0 Å². The number of fused-ring (bicyclic) bond motifs is 1. The molecule has 4 atom stereocenters. The van der Waals surface area contributed by atoms with Crippen molar-refractivity contribution in [1.29, 1.82) is 0 Å². The maximum absolute atomic E-state index is 9.72. The van der Waals surface area contributed by atoms with Crippen molar-refractivity contribution in [2.24, 2.45) is 0 Å². The molecule has 0 unspecified atom stereocenters. The summed E-state index contributed by atoms with van der Waals surface area (Å²) in [6.45, 7) is 4.92. The van der Waals surface area contributed by atoms with Gasteiger partial charge in [-0.15, -0.1) is 0 Å². The van der Waals surface area contributed by atoms with Gasteiger partial charge >= 0.3 is 0 Å². The van der Waals surface area contributed by atoms with Crippen LogP contribution in [-0.4, -0.2) is 47.8 Å². The van der Waals surface area contributed by atoms with Gasteiger partial charge in [-0.25, -0.2) is 0 Å². The zero-order chi connectivity index (χ0) is 15.0. The van der Waals surface area contributed by atoms with E-state index in [1.165, 1.54) is 11.1 Å². The van der Waals surface area contributed by atoms with Gasteiger partial charge < -0.3 is 25.2 Å². The summed E-state index contributed by atoms with van der Waals surface area (Å²) in [6.07, 6.45) is -0.923. The maximum atomic E-state index is 9.72. The summed E-state index contributed by atoms with van der Waals surface area (Å²) in [6, 6.07) is 6.18. The molecule has 0 bridgehead atoms. The van der Waals surface area contributed by atoms with Gasteiger partial charge in [-0.2, -0.15) is 0 Å². The summed E-state index contributed by atoms with van der Waals surface area (Å²) in [5.41, 5.74) is 3.34. The predicted octanol–water partition coefficient (Wildman–Crippen LogP) is 1.12. The minimum Gasteiger partial charge on any atom is -0.388 e.